The van der Waals surface area contributed by atoms with Gasteiger partial charge in [-0.1, -0.05) is 32.0 Å². The summed E-state index contributed by atoms with van der Waals surface area (Å²) >= 11 is 0. The second-order valence-corrected chi connectivity index (χ2v) is 6.71. The van der Waals surface area contributed by atoms with Crippen molar-refractivity contribution in [2.75, 3.05) is 19.7 Å². The van der Waals surface area contributed by atoms with Crippen LogP contribution in [0.4, 0.5) is 0 Å². The molecule has 0 unspecified atom stereocenters. The third-order valence-electron chi connectivity index (χ3n) is 4.14. The number of carbonyl (C=O) groups excluding carboxylic acids is 2. The van der Waals surface area contributed by atoms with Crippen molar-refractivity contribution in [1.82, 2.24) is 9.47 Å². The molecule has 2 aromatic rings. The molecular weight excluding hydrogens is 332 g/mol. The van der Waals surface area contributed by atoms with Gasteiger partial charge in [-0.05, 0) is 37.3 Å². The Bertz CT molecular complexity index is 841. The Labute approximate surface area is 153 Å². The zero-order valence-electron chi connectivity index (χ0n) is 15.8. The molecule has 1 heterocycles. The van der Waals surface area contributed by atoms with Gasteiger partial charge in [0.15, 0.2) is 0 Å². The molecule has 0 aliphatic carbocycles. The second-order valence-electron chi connectivity index (χ2n) is 6.71. The standard InChI is InChI=1S/C20H26N2O4/c1-5-26-18(23)13-21(12-14(2)3)19(24)15(4)22-11-10-16-8-6-7-9-17(16)20(22)25/h6-11,14-15H,5,12-13H2,1-4H3/t15-/m1/s1. The maximum atomic E-state index is 13.0. The zero-order chi connectivity index (χ0) is 19.3. The zero-order valence-corrected chi connectivity index (χ0v) is 15.8. The Morgan fingerprint density at radius 2 is 1.85 bits per heavy atom. The van der Waals surface area contributed by atoms with Crippen LogP contribution in [0.2, 0.25) is 0 Å². The number of hydrogen-bond donors (Lipinski definition) is 0. The fourth-order valence-corrected chi connectivity index (χ4v) is 2.93. The van der Waals surface area contributed by atoms with Gasteiger partial charge in [-0.15, -0.1) is 0 Å². The summed E-state index contributed by atoms with van der Waals surface area (Å²) in [6.07, 6.45) is 1.63. The van der Waals surface area contributed by atoms with Gasteiger partial charge in [-0.3, -0.25) is 14.4 Å². The number of rotatable bonds is 7. The first kappa shape index (κ1) is 19.7. The van der Waals surface area contributed by atoms with Crippen LogP contribution in [0.3, 0.4) is 0 Å². The van der Waals surface area contributed by atoms with Gasteiger partial charge in [-0.25, -0.2) is 0 Å². The average molecular weight is 358 g/mol. The molecule has 0 bridgehead atoms. The van der Waals surface area contributed by atoms with Crippen LogP contribution in [0, 0.1) is 5.92 Å². The number of esters is 1. The molecule has 6 nitrogen and oxygen atoms in total. The van der Waals surface area contributed by atoms with E-state index in [1.807, 2.05) is 32.0 Å². The lowest BCUT2D eigenvalue weighted by Crippen LogP contribution is -2.43. The van der Waals surface area contributed by atoms with E-state index in [2.05, 4.69) is 0 Å². The Morgan fingerprint density at radius 3 is 2.50 bits per heavy atom. The molecule has 0 saturated carbocycles. The molecule has 0 fully saturated rings. The Morgan fingerprint density at radius 1 is 1.15 bits per heavy atom. The van der Waals surface area contributed by atoms with E-state index in [9.17, 15) is 14.4 Å². The van der Waals surface area contributed by atoms with E-state index in [4.69, 9.17) is 4.74 Å². The highest BCUT2D eigenvalue weighted by Crippen LogP contribution is 2.14. The number of aromatic nitrogens is 1. The molecule has 0 radical (unpaired) electrons. The van der Waals surface area contributed by atoms with E-state index in [1.165, 1.54) is 9.47 Å². The molecular formula is C20H26N2O4. The van der Waals surface area contributed by atoms with Crippen molar-refractivity contribution < 1.29 is 14.3 Å². The summed E-state index contributed by atoms with van der Waals surface area (Å²) in [5.74, 6) is -0.530. The minimum atomic E-state index is -0.708. The molecule has 6 heteroatoms. The van der Waals surface area contributed by atoms with Gasteiger partial charge in [0.05, 0.1) is 6.61 Å². The van der Waals surface area contributed by atoms with Crippen LogP contribution in [0.5, 0.6) is 0 Å². The number of nitrogens with zero attached hydrogens (tertiary/aromatic N) is 2. The first-order valence-electron chi connectivity index (χ1n) is 8.89. The monoisotopic (exact) mass is 358 g/mol. The quantitative estimate of drug-likeness (QED) is 0.714. The predicted molar refractivity (Wildman–Crippen MR) is 101 cm³/mol. The van der Waals surface area contributed by atoms with Crippen LogP contribution in [0.15, 0.2) is 41.3 Å². The van der Waals surface area contributed by atoms with E-state index in [0.717, 1.165) is 5.39 Å². The van der Waals surface area contributed by atoms with Crippen molar-refractivity contribution in [2.24, 2.45) is 5.92 Å². The lowest BCUT2D eigenvalue weighted by molar-refractivity contribution is -0.150. The topological polar surface area (TPSA) is 68.6 Å². The van der Waals surface area contributed by atoms with Crippen LogP contribution < -0.4 is 5.56 Å². The lowest BCUT2D eigenvalue weighted by Gasteiger charge is -2.27. The summed E-state index contributed by atoms with van der Waals surface area (Å²) in [4.78, 5) is 39.0. The van der Waals surface area contributed by atoms with E-state index < -0.39 is 12.0 Å². The molecule has 0 aliphatic rings. The van der Waals surface area contributed by atoms with E-state index in [1.54, 1.807) is 32.2 Å². The number of carbonyl (C=O) groups is 2. The first-order valence-corrected chi connectivity index (χ1v) is 8.89. The maximum absolute atomic E-state index is 13.0. The van der Waals surface area contributed by atoms with Crippen LogP contribution in [0.1, 0.15) is 33.7 Å². The predicted octanol–water partition coefficient (Wildman–Crippen LogP) is 2.61. The minimum absolute atomic E-state index is 0.114. The highest BCUT2D eigenvalue weighted by Gasteiger charge is 2.25. The van der Waals surface area contributed by atoms with Crippen LogP contribution >= 0.6 is 0 Å². The SMILES string of the molecule is CCOC(=O)CN(CC(C)C)C(=O)[C@@H](C)n1ccc2ccccc2c1=O. The first-order chi connectivity index (χ1) is 12.3. The number of benzene rings is 1. The van der Waals surface area contributed by atoms with Crippen molar-refractivity contribution in [3.8, 4) is 0 Å². The highest BCUT2D eigenvalue weighted by molar-refractivity contribution is 5.85. The second kappa shape index (κ2) is 8.65. The van der Waals surface area contributed by atoms with Crippen molar-refractivity contribution in [3.63, 3.8) is 0 Å². The molecule has 0 N–H and O–H groups in total. The number of hydrogen-bond acceptors (Lipinski definition) is 4. The van der Waals surface area contributed by atoms with Gasteiger partial charge in [-0.2, -0.15) is 0 Å². The smallest absolute Gasteiger partial charge is 0.325 e. The molecule has 0 spiro atoms. The number of ether oxygens (including phenoxy) is 1. The molecule has 1 amide bonds. The molecule has 26 heavy (non-hydrogen) atoms. The van der Waals surface area contributed by atoms with Gasteiger partial charge < -0.3 is 14.2 Å². The Kier molecular flexibility index (Phi) is 6.55. The lowest BCUT2D eigenvalue weighted by atomic mass is 10.1. The van der Waals surface area contributed by atoms with E-state index >= 15 is 0 Å². The third-order valence-corrected chi connectivity index (χ3v) is 4.14. The van der Waals surface area contributed by atoms with Gasteiger partial charge in [0.25, 0.3) is 5.56 Å². The number of fused-ring (bicyclic) bond motifs is 1. The summed E-state index contributed by atoms with van der Waals surface area (Å²) in [7, 11) is 0. The molecule has 2 rings (SSSR count). The van der Waals surface area contributed by atoms with Crippen LogP contribution in [0.25, 0.3) is 10.8 Å². The third kappa shape index (κ3) is 4.50. The van der Waals surface area contributed by atoms with Crippen molar-refractivity contribution >= 4 is 22.6 Å². The van der Waals surface area contributed by atoms with Crippen molar-refractivity contribution in [2.45, 2.75) is 33.7 Å². The maximum Gasteiger partial charge on any atom is 0.325 e. The van der Waals surface area contributed by atoms with Gasteiger partial charge in [0, 0.05) is 18.1 Å². The fraction of sp³-hybridized carbons (Fsp3) is 0.450. The summed E-state index contributed by atoms with van der Waals surface area (Å²) < 4.78 is 6.39. The van der Waals surface area contributed by atoms with Crippen LogP contribution in [-0.2, 0) is 14.3 Å². The largest absolute Gasteiger partial charge is 0.465 e. The summed E-state index contributed by atoms with van der Waals surface area (Å²) in [5, 5.41) is 1.40. The Balaban J connectivity index is 2.31. The normalized spacial score (nSPS) is 12.2. The minimum Gasteiger partial charge on any atom is -0.465 e. The highest BCUT2D eigenvalue weighted by atomic mass is 16.5. The molecule has 1 aromatic carbocycles. The van der Waals surface area contributed by atoms with Gasteiger partial charge in [0.2, 0.25) is 5.91 Å². The summed E-state index contributed by atoms with van der Waals surface area (Å²) in [6.45, 7) is 7.92. The van der Waals surface area contributed by atoms with Crippen molar-refractivity contribution in [1.29, 1.82) is 0 Å². The molecule has 140 valence electrons. The van der Waals surface area contributed by atoms with E-state index in [-0.39, 0.29) is 30.5 Å². The van der Waals surface area contributed by atoms with Gasteiger partial charge >= 0.3 is 5.97 Å². The molecule has 0 saturated heterocycles. The average Bonchev–Trinajstić information content (AvgIpc) is 2.60. The van der Waals surface area contributed by atoms with Gasteiger partial charge in [0.1, 0.15) is 12.6 Å². The number of pyridine rings is 1. The fourth-order valence-electron chi connectivity index (χ4n) is 2.93. The molecule has 1 atom stereocenters. The molecule has 0 aliphatic heterocycles. The van der Waals surface area contributed by atoms with E-state index in [0.29, 0.717) is 11.9 Å². The van der Waals surface area contributed by atoms with Crippen molar-refractivity contribution in [3.05, 3.63) is 46.9 Å². The molecule has 1 aromatic heterocycles. The summed E-state index contributed by atoms with van der Waals surface area (Å²) in [5.41, 5.74) is -0.218. The van der Waals surface area contributed by atoms with Crippen LogP contribution in [-0.4, -0.2) is 41.0 Å². The number of amides is 1. The Hall–Kier alpha value is -2.63. The summed E-state index contributed by atoms with van der Waals surface area (Å²) in [6, 6.07) is 8.38.